The van der Waals surface area contributed by atoms with Gasteiger partial charge >= 0.3 is 16.6 Å². The highest BCUT2D eigenvalue weighted by atomic mass is 32.3. The highest BCUT2D eigenvalue weighted by Gasteiger charge is 2.54. The minimum atomic E-state index is -4.72. The molecule has 0 spiro atoms. The van der Waals surface area contributed by atoms with E-state index in [4.69, 9.17) is 9.66 Å². The second-order valence-electron chi connectivity index (χ2n) is 1.20. The first-order valence-electron chi connectivity index (χ1n) is 1.69. The van der Waals surface area contributed by atoms with Gasteiger partial charge in [0.05, 0.1) is 0 Å². The Hall–Kier alpha value is -0.250. The van der Waals surface area contributed by atoms with Gasteiger partial charge < -0.3 is 5.11 Å². The average Bonchev–Trinajstić information content (AvgIpc) is 2.12. The van der Waals surface area contributed by atoms with Crippen molar-refractivity contribution in [2.24, 2.45) is 0 Å². The zero-order valence-corrected chi connectivity index (χ0v) is 4.66. The summed E-state index contributed by atoms with van der Waals surface area (Å²) < 4.78 is 30.6. The lowest BCUT2D eigenvalue weighted by Gasteiger charge is -1.93. The van der Waals surface area contributed by atoms with Crippen molar-refractivity contribution in [2.75, 3.05) is 0 Å². The third-order valence-corrected chi connectivity index (χ3v) is 0.858. The molecule has 0 atom stereocenters. The van der Waals surface area contributed by atoms with Crippen LogP contribution in [0, 0.1) is 0 Å². The fraction of sp³-hybridized carbons (Fsp3) is 1.00. The molecule has 0 aromatic heterocycles. The van der Waals surface area contributed by atoms with Gasteiger partial charge in [-0.2, -0.15) is 12.6 Å². The third-order valence-electron chi connectivity index (χ3n) is 0.437. The molecule has 9 heavy (non-hydrogen) atoms. The molecule has 1 aliphatic heterocycles. The van der Waals surface area contributed by atoms with Gasteiger partial charge in [0.25, 0.3) is 0 Å². The van der Waals surface area contributed by atoms with E-state index in [0.29, 0.717) is 0 Å². The van der Waals surface area contributed by atoms with Crippen molar-refractivity contribution in [3.63, 3.8) is 0 Å². The van der Waals surface area contributed by atoms with Crippen molar-refractivity contribution < 1.29 is 32.0 Å². The van der Waals surface area contributed by atoms with E-state index in [0.717, 1.165) is 0 Å². The molecule has 0 amide bonds. The molecule has 0 aromatic rings. The topological polar surface area (TPSA) is 109 Å². The molecule has 0 aliphatic carbocycles. The van der Waals surface area contributed by atoms with E-state index in [2.05, 4.69) is 14.0 Å². The van der Waals surface area contributed by atoms with Gasteiger partial charge in [0.15, 0.2) is 0 Å². The fourth-order valence-corrected chi connectivity index (χ4v) is 0.518. The fourth-order valence-electron chi connectivity index (χ4n) is 0.197. The van der Waals surface area contributed by atoms with E-state index in [1.165, 1.54) is 0 Å². The van der Waals surface area contributed by atoms with Crippen LogP contribution in [0.25, 0.3) is 0 Å². The van der Waals surface area contributed by atoms with E-state index < -0.39 is 16.6 Å². The first kappa shape index (κ1) is 6.86. The molecule has 7 nitrogen and oxygen atoms in total. The Morgan fingerprint density at radius 3 is 2.00 bits per heavy atom. The standard InChI is InChI=1S/CH2O7S/c2-1(6-7-1)8-9(3,4)5/h2H,(H,3,4,5). The van der Waals surface area contributed by atoms with Crippen molar-refractivity contribution in [2.45, 2.75) is 6.16 Å². The Morgan fingerprint density at radius 1 is 1.44 bits per heavy atom. The van der Waals surface area contributed by atoms with Crippen molar-refractivity contribution in [3.05, 3.63) is 0 Å². The van der Waals surface area contributed by atoms with E-state index in [1.807, 2.05) is 0 Å². The van der Waals surface area contributed by atoms with Gasteiger partial charge in [0, 0.05) is 0 Å². The maximum atomic E-state index is 9.70. The van der Waals surface area contributed by atoms with Gasteiger partial charge in [-0.25, -0.2) is 0 Å². The van der Waals surface area contributed by atoms with E-state index in [1.54, 1.807) is 0 Å². The van der Waals surface area contributed by atoms with Crippen molar-refractivity contribution in [3.8, 4) is 0 Å². The number of rotatable bonds is 2. The second-order valence-corrected chi connectivity index (χ2v) is 2.22. The Labute approximate surface area is 49.6 Å². The first-order chi connectivity index (χ1) is 3.91. The molecule has 1 fully saturated rings. The zero-order valence-electron chi connectivity index (χ0n) is 3.84. The third kappa shape index (κ3) is 2.22. The first-order valence-corrected chi connectivity index (χ1v) is 3.05. The number of hydrogen-bond acceptors (Lipinski definition) is 6. The van der Waals surface area contributed by atoms with E-state index in [9.17, 15) is 8.42 Å². The normalized spacial score (nSPS) is 23.8. The molecule has 0 saturated carbocycles. The average molecular weight is 158 g/mol. The maximum Gasteiger partial charge on any atom is 0.480 e. The van der Waals surface area contributed by atoms with E-state index in [-0.39, 0.29) is 0 Å². The Morgan fingerprint density at radius 2 is 1.89 bits per heavy atom. The number of aliphatic hydroxyl groups is 1. The van der Waals surface area contributed by atoms with Crippen molar-refractivity contribution >= 4 is 10.4 Å². The monoisotopic (exact) mass is 158 g/mol. The molecule has 54 valence electrons. The molecular weight excluding hydrogens is 156 g/mol. The molecule has 1 aliphatic rings. The molecule has 0 aromatic carbocycles. The summed E-state index contributed by atoms with van der Waals surface area (Å²) in [5, 5.41) is 8.26. The SMILES string of the molecule is O=S(=O)(O)OC1(O)OO1. The Kier molecular flexibility index (Phi) is 1.24. The summed E-state index contributed by atoms with van der Waals surface area (Å²) in [4.78, 5) is 7.13. The van der Waals surface area contributed by atoms with Gasteiger partial charge in [-0.05, 0) is 0 Å². The molecule has 2 N–H and O–H groups in total. The molecule has 0 radical (unpaired) electrons. The summed E-state index contributed by atoms with van der Waals surface area (Å²) in [5.74, 6) is 0. The summed E-state index contributed by atoms with van der Waals surface area (Å²) in [6.45, 7) is 0. The predicted octanol–water partition coefficient (Wildman–Crippen LogP) is -1.63. The van der Waals surface area contributed by atoms with Crippen LogP contribution >= 0.6 is 0 Å². The van der Waals surface area contributed by atoms with Crippen molar-refractivity contribution in [1.29, 1.82) is 0 Å². The molecular formula is CH2O7S. The van der Waals surface area contributed by atoms with Gasteiger partial charge in [-0.1, -0.05) is 0 Å². The van der Waals surface area contributed by atoms with Crippen LogP contribution in [0.5, 0.6) is 0 Å². The molecule has 1 saturated heterocycles. The lowest BCUT2D eigenvalue weighted by molar-refractivity contribution is -0.146. The molecule has 1 rings (SSSR count). The second kappa shape index (κ2) is 1.62. The molecule has 1 heterocycles. The summed E-state index contributed by atoms with van der Waals surface area (Å²) in [7, 11) is -4.72. The lowest BCUT2D eigenvalue weighted by atomic mass is 11.2. The summed E-state index contributed by atoms with van der Waals surface area (Å²) in [6.07, 6.45) is -2.60. The van der Waals surface area contributed by atoms with Crippen LogP contribution < -0.4 is 0 Å². The molecule has 0 bridgehead atoms. The van der Waals surface area contributed by atoms with Crippen molar-refractivity contribution in [1.82, 2.24) is 0 Å². The molecule has 8 heteroatoms. The quantitative estimate of drug-likeness (QED) is 0.215. The highest BCUT2D eigenvalue weighted by Crippen LogP contribution is 2.28. The Bertz CT molecular complexity index is 197. The van der Waals surface area contributed by atoms with Crippen LogP contribution in [0.3, 0.4) is 0 Å². The Balaban J connectivity index is 2.53. The van der Waals surface area contributed by atoms with Crippen LogP contribution in [-0.2, 0) is 24.4 Å². The van der Waals surface area contributed by atoms with E-state index >= 15 is 0 Å². The zero-order chi connectivity index (χ0) is 7.12. The number of hydrogen-bond donors (Lipinski definition) is 2. The van der Waals surface area contributed by atoms with Crippen LogP contribution in [0.1, 0.15) is 0 Å². The van der Waals surface area contributed by atoms with Crippen LogP contribution in [0.4, 0.5) is 0 Å². The molecule has 0 unspecified atom stereocenters. The lowest BCUT2D eigenvalue weighted by Crippen LogP contribution is -2.19. The van der Waals surface area contributed by atoms with Gasteiger partial charge in [-0.15, -0.1) is 9.78 Å². The van der Waals surface area contributed by atoms with Crippen LogP contribution in [0.2, 0.25) is 0 Å². The van der Waals surface area contributed by atoms with Crippen LogP contribution in [-0.4, -0.2) is 24.2 Å². The summed E-state index contributed by atoms with van der Waals surface area (Å²) in [6, 6.07) is 0. The smallest absolute Gasteiger partial charge is 0.314 e. The minimum Gasteiger partial charge on any atom is -0.314 e. The maximum absolute atomic E-state index is 9.70. The minimum absolute atomic E-state index is 2.60. The van der Waals surface area contributed by atoms with Crippen LogP contribution in [0.15, 0.2) is 0 Å². The van der Waals surface area contributed by atoms with Gasteiger partial charge in [0.2, 0.25) is 0 Å². The van der Waals surface area contributed by atoms with Gasteiger partial charge in [-0.3, -0.25) is 4.55 Å². The largest absolute Gasteiger partial charge is 0.480 e. The summed E-state index contributed by atoms with van der Waals surface area (Å²) >= 11 is 0. The predicted molar refractivity (Wildman–Crippen MR) is 19.8 cm³/mol. The van der Waals surface area contributed by atoms with Gasteiger partial charge in [0.1, 0.15) is 0 Å². The highest BCUT2D eigenvalue weighted by molar-refractivity contribution is 7.80. The summed E-state index contributed by atoms with van der Waals surface area (Å²) in [5.41, 5.74) is 0.